The van der Waals surface area contributed by atoms with Gasteiger partial charge in [0, 0.05) is 12.6 Å². The van der Waals surface area contributed by atoms with E-state index in [2.05, 4.69) is 44.2 Å². The Balaban J connectivity index is 1.86. The molecule has 4 nitrogen and oxygen atoms in total. The van der Waals surface area contributed by atoms with Crippen molar-refractivity contribution in [2.45, 2.75) is 40.8 Å². The normalized spacial score (nSPS) is 11.1. The fourth-order valence-corrected chi connectivity index (χ4v) is 2.03. The van der Waals surface area contributed by atoms with E-state index in [0.29, 0.717) is 12.5 Å². The van der Waals surface area contributed by atoms with E-state index in [1.807, 2.05) is 18.2 Å². The minimum atomic E-state index is 0.404. The van der Waals surface area contributed by atoms with Gasteiger partial charge in [-0.25, -0.2) is 0 Å². The summed E-state index contributed by atoms with van der Waals surface area (Å²) < 4.78 is 11.1. The molecule has 1 aromatic carbocycles. The van der Waals surface area contributed by atoms with Crippen LogP contribution < -0.4 is 10.1 Å². The number of benzene rings is 1. The molecule has 0 aliphatic carbocycles. The maximum Gasteiger partial charge on any atom is 0.174 e. The molecule has 2 aromatic rings. The summed E-state index contributed by atoms with van der Waals surface area (Å²) in [5.41, 5.74) is 3.30. The fourth-order valence-electron chi connectivity index (χ4n) is 2.03. The Morgan fingerprint density at radius 1 is 1.29 bits per heavy atom. The number of nitrogens with one attached hydrogen (secondary N) is 1. The summed E-state index contributed by atoms with van der Waals surface area (Å²) in [5.74, 6) is 2.27. The Morgan fingerprint density at radius 3 is 2.86 bits per heavy atom. The van der Waals surface area contributed by atoms with Gasteiger partial charge in [0.2, 0.25) is 0 Å². The second kappa shape index (κ2) is 7.27. The zero-order chi connectivity index (χ0) is 15.2. The fraction of sp³-hybridized carbons (Fsp3) is 0.471. The van der Waals surface area contributed by atoms with Crippen LogP contribution in [-0.4, -0.2) is 11.7 Å². The third kappa shape index (κ3) is 4.60. The zero-order valence-corrected chi connectivity index (χ0v) is 13.3. The van der Waals surface area contributed by atoms with Crippen LogP contribution in [0.25, 0.3) is 0 Å². The summed E-state index contributed by atoms with van der Waals surface area (Å²) in [7, 11) is 0. The highest BCUT2D eigenvalue weighted by atomic mass is 16.5. The Morgan fingerprint density at radius 2 is 2.10 bits per heavy atom. The van der Waals surface area contributed by atoms with Crippen molar-refractivity contribution in [1.82, 2.24) is 10.5 Å². The van der Waals surface area contributed by atoms with Crippen LogP contribution in [0, 0.1) is 19.8 Å². The van der Waals surface area contributed by atoms with Crippen LogP contribution in [-0.2, 0) is 13.2 Å². The van der Waals surface area contributed by atoms with Crippen molar-refractivity contribution in [3.05, 3.63) is 46.8 Å². The summed E-state index contributed by atoms with van der Waals surface area (Å²) in [6, 6.07) is 8.00. The topological polar surface area (TPSA) is 47.3 Å². The number of hydrogen-bond acceptors (Lipinski definition) is 4. The second-order valence-corrected chi connectivity index (χ2v) is 5.80. The second-order valence-electron chi connectivity index (χ2n) is 5.80. The Bertz CT molecular complexity index is 576. The molecule has 0 radical (unpaired) electrons. The zero-order valence-electron chi connectivity index (χ0n) is 13.3. The van der Waals surface area contributed by atoms with Crippen LogP contribution in [0.2, 0.25) is 0 Å². The Hall–Kier alpha value is -1.81. The van der Waals surface area contributed by atoms with Crippen molar-refractivity contribution in [2.75, 3.05) is 6.54 Å². The van der Waals surface area contributed by atoms with Crippen LogP contribution in [0.5, 0.6) is 5.75 Å². The number of aryl methyl sites for hydroxylation is 1. The van der Waals surface area contributed by atoms with Crippen LogP contribution in [0.1, 0.15) is 36.4 Å². The first-order chi connectivity index (χ1) is 10.1. The van der Waals surface area contributed by atoms with E-state index in [9.17, 15) is 0 Å². The molecule has 0 bridgehead atoms. The van der Waals surface area contributed by atoms with E-state index < -0.39 is 0 Å². The van der Waals surface area contributed by atoms with E-state index in [-0.39, 0.29) is 0 Å². The lowest BCUT2D eigenvalue weighted by Crippen LogP contribution is -2.19. The van der Waals surface area contributed by atoms with Gasteiger partial charge in [-0.15, -0.1) is 0 Å². The first-order valence-electron chi connectivity index (χ1n) is 7.40. The number of rotatable bonds is 7. The highest BCUT2D eigenvalue weighted by molar-refractivity contribution is 5.38. The molecule has 0 aliphatic rings. The SMILES string of the molecule is Cc1cccc(OCc2cc(CNCC(C)C)no2)c1C. The van der Waals surface area contributed by atoms with Crippen molar-refractivity contribution in [3.8, 4) is 5.75 Å². The lowest BCUT2D eigenvalue weighted by Gasteiger charge is -2.08. The highest BCUT2D eigenvalue weighted by Gasteiger charge is 2.07. The number of hydrogen-bond donors (Lipinski definition) is 1. The van der Waals surface area contributed by atoms with Crippen LogP contribution >= 0.6 is 0 Å². The van der Waals surface area contributed by atoms with Gasteiger partial charge in [-0.2, -0.15) is 0 Å². The first kappa shape index (κ1) is 15.6. The van der Waals surface area contributed by atoms with E-state index in [0.717, 1.165) is 35.9 Å². The van der Waals surface area contributed by atoms with Gasteiger partial charge in [-0.05, 0) is 43.5 Å². The summed E-state index contributed by atoms with van der Waals surface area (Å²) in [5, 5.41) is 7.39. The number of ether oxygens (including phenoxy) is 1. The maximum absolute atomic E-state index is 5.81. The molecule has 114 valence electrons. The summed E-state index contributed by atoms with van der Waals surface area (Å²) in [6.45, 7) is 10.6. The highest BCUT2D eigenvalue weighted by Crippen LogP contribution is 2.21. The molecule has 21 heavy (non-hydrogen) atoms. The lowest BCUT2D eigenvalue weighted by molar-refractivity contribution is 0.247. The lowest BCUT2D eigenvalue weighted by atomic mass is 10.1. The van der Waals surface area contributed by atoms with Gasteiger partial charge in [-0.3, -0.25) is 0 Å². The molecule has 0 spiro atoms. The molecule has 0 fully saturated rings. The molecule has 0 aliphatic heterocycles. The van der Waals surface area contributed by atoms with Crippen LogP contribution in [0.3, 0.4) is 0 Å². The Kier molecular flexibility index (Phi) is 5.39. The van der Waals surface area contributed by atoms with Gasteiger partial charge >= 0.3 is 0 Å². The molecule has 2 rings (SSSR count). The maximum atomic E-state index is 5.81. The summed E-state index contributed by atoms with van der Waals surface area (Å²) >= 11 is 0. The molecular formula is C17H24N2O2. The average molecular weight is 288 g/mol. The van der Waals surface area contributed by atoms with Crippen molar-refractivity contribution in [3.63, 3.8) is 0 Å². The quantitative estimate of drug-likeness (QED) is 0.845. The molecule has 0 atom stereocenters. The minimum Gasteiger partial charge on any atom is -0.485 e. The molecule has 1 N–H and O–H groups in total. The van der Waals surface area contributed by atoms with Crippen LogP contribution in [0.15, 0.2) is 28.8 Å². The van der Waals surface area contributed by atoms with E-state index >= 15 is 0 Å². The summed E-state index contributed by atoms with van der Waals surface area (Å²) in [6.07, 6.45) is 0. The molecule has 4 heteroatoms. The predicted molar refractivity (Wildman–Crippen MR) is 83.3 cm³/mol. The molecule has 1 aromatic heterocycles. The van der Waals surface area contributed by atoms with Crippen LogP contribution in [0.4, 0.5) is 0 Å². The van der Waals surface area contributed by atoms with Crippen molar-refractivity contribution in [1.29, 1.82) is 0 Å². The number of nitrogens with zero attached hydrogens (tertiary/aromatic N) is 1. The monoisotopic (exact) mass is 288 g/mol. The van der Waals surface area contributed by atoms with Gasteiger partial charge in [0.1, 0.15) is 12.4 Å². The predicted octanol–water partition coefficient (Wildman–Crippen LogP) is 3.62. The van der Waals surface area contributed by atoms with Gasteiger partial charge in [0.25, 0.3) is 0 Å². The largest absolute Gasteiger partial charge is 0.485 e. The first-order valence-corrected chi connectivity index (χ1v) is 7.40. The van der Waals surface area contributed by atoms with E-state index in [1.165, 1.54) is 5.56 Å². The average Bonchev–Trinajstić information content (AvgIpc) is 2.88. The third-order valence-electron chi connectivity index (χ3n) is 3.39. The molecule has 1 heterocycles. The molecule has 0 saturated heterocycles. The molecule has 0 unspecified atom stereocenters. The van der Waals surface area contributed by atoms with Crippen molar-refractivity contribution >= 4 is 0 Å². The van der Waals surface area contributed by atoms with Gasteiger partial charge in [-0.1, -0.05) is 31.1 Å². The molecular weight excluding hydrogens is 264 g/mol. The smallest absolute Gasteiger partial charge is 0.174 e. The van der Waals surface area contributed by atoms with Gasteiger partial charge in [0.05, 0.1) is 5.69 Å². The summed E-state index contributed by atoms with van der Waals surface area (Å²) in [4.78, 5) is 0. The molecule has 0 amide bonds. The third-order valence-corrected chi connectivity index (χ3v) is 3.39. The number of aromatic nitrogens is 1. The Labute approximate surface area is 126 Å². The van der Waals surface area contributed by atoms with E-state index in [1.54, 1.807) is 0 Å². The van der Waals surface area contributed by atoms with Gasteiger partial charge in [0.15, 0.2) is 5.76 Å². The minimum absolute atomic E-state index is 0.404. The van der Waals surface area contributed by atoms with Crippen molar-refractivity contribution < 1.29 is 9.26 Å². The molecule has 0 saturated carbocycles. The van der Waals surface area contributed by atoms with E-state index in [4.69, 9.17) is 9.26 Å². The van der Waals surface area contributed by atoms with Crippen molar-refractivity contribution in [2.24, 2.45) is 5.92 Å². The van der Waals surface area contributed by atoms with Gasteiger partial charge < -0.3 is 14.6 Å². The standard InChI is InChI=1S/C17H24N2O2/c1-12(2)9-18-10-15-8-16(21-19-15)11-20-17-7-5-6-13(3)14(17)4/h5-8,12,18H,9-11H2,1-4H3.